The first-order chi connectivity index (χ1) is 8.16. The van der Waals surface area contributed by atoms with Gasteiger partial charge in [0, 0.05) is 11.6 Å². The fourth-order valence-electron chi connectivity index (χ4n) is 1.54. The summed E-state index contributed by atoms with van der Waals surface area (Å²) in [5, 5.41) is 4.15. The molecule has 0 aliphatic rings. The Labute approximate surface area is 103 Å². The number of H-pyrrole nitrogens is 1. The molecule has 0 saturated carbocycles. The SMILES string of the molecule is C=C(Cl)CNCc1nc2ccccc2c(=O)[nH]1. The number of fused-ring (bicyclic) bond motifs is 1. The number of aromatic nitrogens is 2. The number of hydrogen-bond donors (Lipinski definition) is 2. The quantitative estimate of drug-likeness (QED) is 0.868. The van der Waals surface area contributed by atoms with Crippen LogP contribution in [0.15, 0.2) is 40.7 Å². The van der Waals surface area contributed by atoms with Crippen LogP contribution in [0.5, 0.6) is 0 Å². The van der Waals surface area contributed by atoms with Gasteiger partial charge in [0.05, 0.1) is 17.4 Å². The standard InChI is InChI=1S/C12H12ClN3O/c1-8(13)6-14-7-11-15-10-5-3-2-4-9(10)12(17)16-11/h2-5,14H,1,6-7H2,(H,15,16,17). The van der Waals surface area contributed by atoms with E-state index in [4.69, 9.17) is 11.6 Å². The normalized spacial score (nSPS) is 10.6. The Morgan fingerprint density at radius 1 is 1.47 bits per heavy atom. The lowest BCUT2D eigenvalue weighted by atomic mass is 10.2. The van der Waals surface area contributed by atoms with Crippen LogP contribution in [0.3, 0.4) is 0 Å². The highest BCUT2D eigenvalue weighted by atomic mass is 35.5. The van der Waals surface area contributed by atoms with Gasteiger partial charge < -0.3 is 10.3 Å². The Morgan fingerprint density at radius 2 is 2.24 bits per heavy atom. The van der Waals surface area contributed by atoms with Gasteiger partial charge in [-0.15, -0.1) is 0 Å². The van der Waals surface area contributed by atoms with Crippen molar-refractivity contribution in [1.82, 2.24) is 15.3 Å². The van der Waals surface area contributed by atoms with E-state index in [9.17, 15) is 4.79 Å². The molecule has 2 aromatic rings. The molecular formula is C12H12ClN3O. The van der Waals surface area contributed by atoms with Crippen molar-refractivity contribution in [1.29, 1.82) is 0 Å². The van der Waals surface area contributed by atoms with E-state index in [-0.39, 0.29) is 5.56 Å². The molecule has 0 amide bonds. The van der Waals surface area contributed by atoms with Crippen molar-refractivity contribution < 1.29 is 0 Å². The third kappa shape index (κ3) is 2.93. The van der Waals surface area contributed by atoms with Crippen LogP contribution in [-0.4, -0.2) is 16.5 Å². The van der Waals surface area contributed by atoms with Crippen LogP contribution in [0.1, 0.15) is 5.82 Å². The number of halogens is 1. The van der Waals surface area contributed by atoms with Crippen molar-refractivity contribution in [2.24, 2.45) is 0 Å². The molecule has 2 N–H and O–H groups in total. The Bertz CT molecular complexity index is 606. The molecule has 0 unspecified atom stereocenters. The minimum atomic E-state index is -0.128. The molecule has 1 aromatic heterocycles. The largest absolute Gasteiger partial charge is 0.309 e. The Kier molecular flexibility index (Phi) is 3.56. The number of rotatable bonds is 4. The smallest absolute Gasteiger partial charge is 0.258 e. The number of nitrogens with zero attached hydrogens (tertiary/aromatic N) is 1. The topological polar surface area (TPSA) is 57.8 Å². The van der Waals surface area contributed by atoms with E-state index >= 15 is 0 Å². The van der Waals surface area contributed by atoms with Gasteiger partial charge in [0.15, 0.2) is 0 Å². The maximum absolute atomic E-state index is 11.7. The second kappa shape index (κ2) is 5.12. The monoisotopic (exact) mass is 249 g/mol. The van der Waals surface area contributed by atoms with Gasteiger partial charge in [0.25, 0.3) is 5.56 Å². The average Bonchev–Trinajstić information content (AvgIpc) is 2.28. The predicted molar refractivity (Wildman–Crippen MR) is 69.1 cm³/mol. The van der Waals surface area contributed by atoms with E-state index in [0.717, 1.165) is 0 Å². The zero-order valence-electron chi connectivity index (χ0n) is 9.16. The van der Waals surface area contributed by atoms with Gasteiger partial charge in [-0.05, 0) is 12.1 Å². The number of para-hydroxylation sites is 1. The average molecular weight is 250 g/mol. The molecule has 0 spiro atoms. The number of benzene rings is 1. The lowest BCUT2D eigenvalue weighted by Gasteiger charge is -2.04. The van der Waals surface area contributed by atoms with Crippen LogP contribution in [0, 0.1) is 0 Å². The molecule has 88 valence electrons. The highest BCUT2D eigenvalue weighted by molar-refractivity contribution is 6.29. The first-order valence-corrected chi connectivity index (χ1v) is 5.56. The Balaban J connectivity index is 2.25. The van der Waals surface area contributed by atoms with Crippen molar-refractivity contribution in [3.05, 3.63) is 52.1 Å². The summed E-state index contributed by atoms with van der Waals surface area (Å²) in [5.74, 6) is 0.589. The molecule has 1 aromatic carbocycles. The molecule has 0 aliphatic heterocycles. The Morgan fingerprint density at radius 3 is 3.00 bits per heavy atom. The van der Waals surface area contributed by atoms with Gasteiger partial charge >= 0.3 is 0 Å². The second-order valence-corrected chi connectivity index (χ2v) is 4.19. The maximum Gasteiger partial charge on any atom is 0.258 e. The van der Waals surface area contributed by atoms with Crippen LogP contribution in [0.25, 0.3) is 10.9 Å². The number of nitrogens with one attached hydrogen (secondary N) is 2. The summed E-state index contributed by atoms with van der Waals surface area (Å²) in [5.41, 5.74) is 0.565. The Hall–Kier alpha value is -1.65. The van der Waals surface area contributed by atoms with E-state index in [1.807, 2.05) is 18.2 Å². The summed E-state index contributed by atoms with van der Waals surface area (Å²) < 4.78 is 0. The van der Waals surface area contributed by atoms with E-state index in [1.54, 1.807) is 6.07 Å². The van der Waals surface area contributed by atoms with Crippen LogP contribution in [0.4, 0.5) is 0 Å². The summed E-state index contributed by atoms with van der Waals surface area (Å²) in [6, 6.07) is 7.23. The molecule has 0 fully saturated rings. The van der Waals surface area contributed by atoms with Crippen LogP contribution in [-0.2, 0) is 6.54 Å². The summed E-state index contributed by atoms with van der Waals surface area (Å²) >= 11 is 5.62. The van der Waals surface area contributed by atoms with Gasteiger partial charge in [-0.25, -0.2) is 4.98 Å². The molecule has 2 rings (SSSR count). The summed E-state index contributed by atoms with van der Waals surface area (Å²) in [4.78, 5) is 18.8. The first-order valence-electron chi connectivity index (χ1n) is 5.19. The highest BCUT2D eigenvalue weighted by Gasteiger charge is 2.02. The van der Waals surface area contributed by atoms with Crippen molar-refractivity contribution >= 4 is 22.5 Å². The predicted octanol–water partition coefficient (Wildman–Crippen LogP) is 1.77. The molecule has 4 nitrogen and oxygen atoms in total. The molecule has 0 radical (unpaired) electrons. The van der Waals surface area contributed by atoms with E-state index < -0.39 is 0 Å². The molecule has 17 heavy (non-hydrogen) atoms. The van der Waals surface area contributed by atoms with Crippen molar-refractivity contribution in [2.45, 2.75) is 6.54 Å². The van der Waals surface area contributed by atoms with Crippen LogP contribution in [0.2, 0.25) is 0 Å². The second-order valence-electron chi connectivity index (χ2n) is 3.65. The number of hydrogen-bond acceptors (Lipinski definition) is 3. The van der Waals surface area contributed by atoms with E-state index in [2.05, 4.69) is 21.9 Å². The summed E-state index contributed by atoms with van der Waals surface area (Å²) in [7, 11) is 0. The molecule has 0 bridgehead atoms. The van der Waals surface area contributed by atoms with Gasteiger partial charge in [-0.1, -0.05) is 30.3 Å². The summed E-state index contributed by atoms with van der Waals surface area (Å²) in [6.07, 6.45) is 0. The minimum absolute atomic E-state index is 0.128. The maximum atomic E-state index is 11.7. The van der Waals surface area contributed by atoms with E-state index in [0.29, 0.717) is 34.8 Å². The number of aromatic amines is 1. The van der Waals surface area contributed by atoms with Gasteiger partial charge in [0.2, 0.25) is 0 Å². The van der Waals surface area contributed by atoms with Crippen molar-refractivity contribution in [3.8, 4) is 0 Å². The van der Waals surface area contributed by atoms with Crippen molar-refractivity contribution in [2.75, 3.05) is 6.54 Å². The molecule has 1 heterocycles. The third-order valence-electron chi connectivity index (χ3n) is 2.27. The van der Waals surface area contributed by atoms with Gasteiger partial charge in [-0.2, -0.15) is 0 Å². The van der Waals surface area contributed by atoms with Gasteiger partial charge in [-0.3, -0.25) is 4.79 Å². The zero-order valence-corrected chi connectivity index (χ0v) is 9.92. The molecule has 5 heteroatoms. The zero-order chi connectivity index (χ0) is 12.3. The van der Waals surface area contributed by atoms with Crippen molar-refractivity contribution in [3.63, 3.8) is 0 Å². The molecule has 0 aliphatic carbocycles. The third-order valence-corrected chi connectivity index (χ3v) is 2.40. The van der Waals surface area contributed by atoms with Gasteiger partial charge in [0.1, 0.15) is 5.82 Å². The molecule has 0 saturated heterocycles. The molecule has 0 atom stereocenters. The first kappa shape index (κ1) is 11.8. The fraction of sp³-hybridized carbons (Fsp3) is 0.167. The molecular weight excluding hydrogens is 238 g/mol. The van der Waals surface area contributed by atoms with Crippen LogP contribution >= 0.6 is 11.6 Å². The van der Waals surface area contributed by atoms with Crippen LogP contribution < -0.4 is 10.9 Å². The minimum Gasteiger partial charge on any atom is -0.309 e. The summed E-state index contributed by atoms with van der Waals surface area (Å²) in [6.45, 7) is 4.50. The van der Waals surface area contributed by atoms with E-state index in [1.165, 1.54) is 0 Å². The lowest BCUT2D eigenvalue weighted by Crippen LogP contribution is -2.20. The lowest BCUT2D eigenvalue weighted by molar-refractivity contribution is 0.713. The fourth-order valence-corrected chi connectivity index (χ4v) is 1.63. The highest BCUT2D eigenvalue weighted by Crippen LogP contribution is 2.05.